The van der Waals surface area contributed by atoms with Gasteiger partial charge in [0.1, 0.15) is 5.69 Å². The lowest BCUT2D eigenvalue weighted by Crippen LogP contribution is -2.16. The number of rotatable bonds is 4. The minimum absolute atomic E-state index is 0.00224. The van der Waals surface area contributed by atoms with Gasteiger partial charge in [-0.25, -0.2) is 8.42 Å². The second-order valence-corrected chi connectivity index (χ2v) is 6.99. The second kappa shape index (κ2) is 5.89. The van der Waals surface area contributed by atoms with Crippen LogP contribution in [0, 0.1) is 0 Å². The van der Waals surface area contributed by atoms with Crippen LogP contribution in [0.5, 0.6) is 0 Å². The highest BCUT2D eigenvalue weighted by Gasteiger charge is 2.20. The number of aromatic nitrogens is 4. The fourth-order valence-electron chi connectivity index (χ4n) is 2.05. The quantitative estimate of drug-likeness (QED) is 0.751. The normalized spacial score (nSPS) is 11.4. The van der Waals surface area contributed by atoms with Gasteiger partial charge in [-0.1, -0.05) is 17.2 Å². The Morgan fingerprint density at radius 3 is 2.62 bits per heavy atom. The summed E-state index contributed by atoms with van der Waals surface area (Å²) in [6, 6.07) is 7.40. The molecular formula is C14H13N5O4S. The molecule has 10 heteroatoms. The van der Waals surface area contributed by atoms with Gasteiger partial charge in [-0.15, -0.1) is 5.10 Å². The summed E-state index contributed by atoms with van der Waals surface area (Å²) in [5.41, 5.74) is 0.458. The average Bonchev–Trinajstić information content (AvgIpc) is 3.15. The van der Waals surface area contributed by atoms with Crippen LogP contribution in [0.25, 0.3) is 11.6 Å². The molecule has 9 nitrogen and oxygen atoms in total. The highest BCUT2D eigenvalue weighted by atomic mass is 32.2. The molecule has 1 amide bonds. The third-order valence-corrected chi connectivity index (χ3v) is 4.26. The molecule has 124 valence electrons. The summed E-state index contributed by atoms with van der Waals surface area (Å²) >= 11 is 0. The zero-order chi connectivity index (χ0) is 17.3. The molecule has 1 aromatic carbocycles. The molecule has 1 N–H and O–H groups in total. The van der Waals surface area contributed by atoms with E-state index in [0.29, 0.717) is 5.69 Å². The predicted molar refractivity (Wildman–Crippen MR) is 84.0 cm³/mol. The Kier molecular flexibility index (Phi) is 3.89. The highest BCUT2D eigenvalue weighted by molar-refractivity contribution is 7.90. The van der Waals surface area contributed by atoms with E-state index >= 15 is 0 Å². The van der Waals surface area contributed by atoms with Crippen LogP contribution in [-0.4, -0.2) is 40.6 Å². The van der Waals surface area contributed by atoms with Gasteiger partial charge in [0.2, 0.25) is 0 Å². The Morgan fingerprint density at radius 1 is 1.21 bits per heavy atom. The van der Waals surface area contributed by atoms with E-state index in [1.807, 2.05) is 0 Å². The Balaban J connectivity index is 1.85. The summed E-state index contributed by atoms with van der Waals surface area (Å²) in [4.78, 5) is 12.2. The smallest absolute Gasteiger partial charge is 0.322 e. The van der Waals surface area contributed by atoms with Crippen molar-refractivity contribution in [3.8, 4) is 11.6 Å². The van der Waals surface area contributed by atoms with Gasteiger partial charge in [0.15, 0.2) is 9.84 Å². The number of sulfone groups is 1. The van der Waals surface area contributed by atoms with Gasteiger partial charge in [-0.2, -0.15) is 5.10 Å². The minimum atomic E-state index is -3.55. The maximum atomic E-state index is 12.3. The number of anilines is 1. The topological polar surface area (TPSA) is 120 Å². The predicted octanol–water partition coefficient (Wildman–Crippen LogP) is 1.13. The van der Waals surface area contributed by atoms with Crippen LogP contribution >= 0.6 is 0 Å². The summed E-state index contributed by atoms with van der Waals surface area (Å²) in [7, 11) is -1.81. The van der Waals surface area contributed by atoms with Crippen LogP contribution in [0.2, 0.25) is 0 Å². The second-order valence-electron chi connectivity index (χ2n) is 5.01. The average molecular weight is 347 g/mol. The first-order valence-corrected chi connectivity index (χ1v) is 8.68. The van der Waals surface area contributed by atoms with E-state index in [9.17, 15) is 13.2 Å². The third kappa shape index (κ3) is 3.18. The number of benzene rings is 1. The number of carbonyl (C=O) groups is 1. The molecule has 2 heterocycles. The Labute approximate surface area is 137 Å². The fraction of sp³-hybridized carbons (Fsp3) is 0.143. The molecule has 0 aliphatic carbocycles. The van der Waals surface area contributed by atoms with E-state index in [-0.39, 0.29) is 22.4 Å². The Morgan fingerprint density at radius 2 is 1.96 bits per heavy atom. The lowest BCUT2D eigenvalue weighted by Gasteiger charge is -2.06. The number of nitrogens with zero attached hydrogens (tertiary/aromatic N) is 4. The summed E-state index contributed by atoms with van der Waals surface area (Å²) in [5, 5.41) is 14.0. The summed E-state index contributed by atoms with van der Waals surface area (Å²) in [6.07, 6.45) is 2.74. The third-order valence-electron chi connectivity index (χ3n) is 3.11. The van der Waals surface area contributed by atoms with Crippen molar-refractivity contribution in [1.82, 2.24) is 20.0 Å². The van der Waals surface area contributed by atoms with Gasteiger partial charge in [0.05, 0.1) is 10.5 Å². The molecule has 2 aromatic heterocycles. The molecule has 0 fully saturated rings. The van der Waals surface area contributed by atoms with Crippen molar-refractivity contribution in [3.05, 3.63) is 42.1 Å². The number of aryl methyl sites for hydroxylation is 1. The van der Waals surface area contributed by atoms with E-state index in [0.717, 1.165) is 6.26 Å². The molecule has 24 heavy (non-hydrogen) atoms. The summed E-state index contributed by atoms with van der Waals surface area (Å²) in [5.74, 6) is -0.519. The van der Waals surface area contributed by atoms with Crippen molar-refractivity contribution in [2.24, 2.45) is 7.05 Å². The Bertz CT molecular complexity index is 1010. The van der Waals surface area contributed by atoms with Crippen molar-refractivity contribution in [3.63, 3.8) is 0 Å². The van der Waals surface area contributed by atoms with E-state index < -0.39 is 15.7 Å². The first-order chi connectivity index (χ1) is 11.3. The zero-order valence-electron chi connectivity index (χ0n) is 12.8. The summed E-state index contributed by atoms with van der Waals surface area (Å²) < 4.78 is 30.4. The monoisotopic (exact) mass is 347 g/mol. The van der Waals surface area contributed by atoms with Crippen LogP contribution in [0.3, 0.4) is 0 Å². The molecule has 0 unspecified atom stereocenters. The van der Waals surface area contributed by atoms with Crippen molar-refractivity contribution < 1.29 is 17.6 Å². The molecular weight excluding hydrogens is 334 g/mol. The Hall–Kier alpha value is -3.01. The van der Waals surface area contributed by atoms with Crippen LogP contribution in [0.4, 0.5) is 6.01 Å². The fourth-order valence-corrected chi connectivity index (χ4v) is 2.93. The first kappa shape index (κ1) is 15.9. The van der Waals surface area contributed by atoms with E-state index in [2.05, 4.69) is 20.6 Å². The lowest BCUT2D eigenvalue weighted by molar-refractivity contribution is 0.102. The molecule has 0 spiro atoms. The molecule has 3 aromatic rings. The van der Waals surface area contributed by atoms with Crippen molar-refractivity contribution >= 4 is 21.8 Å². The zero-order valence-corrected chi connectivity index (χ0v) is 13.6. The highest BCUT2D eigenvalue weighted by Crippen LogP contribution is 2.20. The van der Waals surface area contributed by atoms with Gasteiger partial charge >= 0.3 is 6.01 Å². The van der Waals surface area contributed by atoms with Crippen molar-refractivity contribution in [2.75, 3.05) is 11.6 Å². The van der Waals surface area contributed by atoms with Gasteiger partial charge in [-0.3, -0.25) is 14.8 Å². The number of hydrogen-bond donors (Lipinski definition) is 1. The molecule has 0 saturated carbocycles. The molecule has 0 aliphatic heterocycles. The SMILES string of the molecule is Cn1ccc(-c2nnc(NC(=O)c3ccccc3S(C)(=O)=O)o2)n1. The van der Waals surface area contributed by atoms with Gasteiger partial charge in [-0.05, 0) is 18.2 Å². The maximum absolute atomic E-state index is 12.3. The van der Waals surface area contributed by atoms with Gasteiger partial charge in [0.25, 0.3) is 11.8 Å². The number of hydrogen-bond acceptors (Lipinski definition) is 7. The number of carbonyl (C=O) groups excluding carboxylic acids is 1. The van der Waals surface area contributed by atoms with E-state index in [1.165, 1.54) is 12.1 Å². The summed E-state index contributed by atoms with van der Waals surface area (Å²) in [6.45, 7) is 0. The number of amides is 1. The minimum Gasteiger partial charge on any atom is -0.401 e. The van der Waals surface area contributed by atoms with Crippen LogP contribution in [0.1, 0.15) is 10.4 Å². The van der Waals surface area contributed by atoms with Crippen LogP contribution < -0.4 is 5.32 Å². The maximum Gasteiger partial charge on any atom is 0.322 e. The van der Waals surface area contributed by atoms with Crippen LogP contribution in [0.15, 0.2) is 45.8 Å². The van der Waals surface area contributed by atoms with Crippen LogP contribution in [-0.2, 0) is 16.9 Å². The van der Waals surface area contributed by atoms with E-state index in [4.69, 9.17) is 4.42 Å². The van der Waals surface area contributed by atoms with Gasteiger partial charge in [0, 0.05) is 19.5 Å². The standard InChI is InChI=1S/C14H13N5O4S/c1-19-8-7-10(18-19)13-16-17-14(23-13)15-12(20)9-5-3-4-6-11(9)24(2,21)22/h3-8H,1-2H3,(H,15,17,20). The molecule has 3 rings (SSSR count). The lowest BCUT2D eigenvalue weighted by atomic mass is 10.2. The van der Waals surface area contributed by atoms with Crippen molar-refractivity contribution in [2.45, 2.75) is 4.90 Å². The molecule has 0 atom stereocenters. The molecule has 0 bridgehead atoms. The molecule has 0 radical (unpaired) electrons. The molecule has 0 saturated heterocycles. The number of nitrogens with one attached hydrogen (secondary N) is 1. The molecule has 0 aliphatic rings. The first-order valence-electron chi connectivity index (χ1n) is 6.78. The largest absolute Gasteiger partial charge is 0.401 e. The van der Waals surface area contributed by atoms with Crippen molar-refractivity contribution in [1.29, 1.82) is 0 Å². The van der Waals surface area contributed by atoms with E-state index in [1.54, 1.807) is 36.1 Å². The van der Waals surface area contributed by atoms with Gasteiger partial charge < -0.3 is 4.42 Å².